The third kappa shape index (κ3) is 8.25. The van der Waals surface area contributed by atoms with E-state index in [0.717, 1.165) is 18.5 Å². The van der Waals surface area contributed by atoms with Crippen LogP contribution in [0.1, 0.15) is 20.3 Å². The van der Waals surface area contributed by atoms with E-state index in [1.807, 2.05) is 0 Å². The quantitative estimate of drug-likeness (QED) is 0.211. The second-order valence-corrected chi connectivity index (χ2v) is 9.57. The molecule has 4 heteroatoms. The molecule has 0 saturated heterocycles. The first-order chi connectivity index (χ1) is 8.28. The first-order valence-electron chi connectivity index (χ1n) is 6.37. The van der Waals surface area contributed by atoms with Gasteiger partial charge in [-0.2, -0.15) is 0 Å². The van der Waals surface area contributed by atoms with Crippen molar-refractivity contribution < 1.29 is 14.0 Å². The van der Waals surface area contributed by atoms with E-state index in [4.69, 9.17) is 9.16 Å². The number of esters is 1. The van der Waals surface area contributed by atoms with Crippen molar-refractivity contribution in [3.8, 4) is 0 Å². The Morgan fingerprint density at radius 2 is 2.00 bits per heavy atom. The van der Waals surface area contributed by atoms with Gasteiger partial charge in [-0.25, -0.2) is 4.79 Å². The fourth-order valence-corrected chi connectivity index (χ4v) is 3.31. The van der Waals surface area contributed by atoms with Crippen LogP contribution in [0.4, 0.5) is 0 Å². The fourth-order valence-electron chi connectivity index (χ4n) is 1.40. The molecule has 0 aliphatic carbocycles. The smallest absolute Gasteiger partial charge is 0.330 e. The van der Waals surface area contributed by atoms with Crippen LogP contribution in [-0.4, -0.2) is 27.5 Å². The molecule has 0 aliphatic heterocycles. The number of hydrogen-bond donors (Lipinski definition) is 0. The van der Waals surface area contributed by atoms with Gasteiger partial charge in [0.2, 0.25) is 0 Å². The minimum atomic E-state index is -1.65. The molecule has 0 heterocycles. The maximum absolute atomic E-state index is 10.8. The van der Waals surface area contributed by atoms with Crippen LogP contribution in [0, 0.1) is 5.92 Å². The summed E-state index contributed by atoms with van der Waals surface area (Å²) in [6, 6.07) is 1.09. The summed E-state index contributed by atoms with van der Waals surface area (Å²) in [5, 5.41) is 0. The van der Waals surface area contributed by atoms with E-state index in [0.29, 0.717) is 19.1 Å². The van der Waals surface area contributed by atoms with Crippen molar-refractivity contribution >= 4 is 14.3 Å². The summed E-state index contributed by atoms with van der Waals surface area (Å²) in [4.78, 5) is 10.8. The lowest BCUT2D eigenvalue weighted by molar-refractivity contribution is -0.138. The van der Waals surface area contributed by atoms with Crippen molar-refractivity contribution in [1.29, 1.82) is 0 Å². The molecule has 0 aromatic carbocycles. The minimum absolute atomic E-state index is 0.303. The highest BCUT2D eigenvalue weighted by molar-refractivity contribution is 6.71. The first-order valence-corrected chi connectivity index (χ1v) is 9.48. The summed E-state index contributed by atoms with van der Waals surface area (Å²) in [5.41, 5.74) is 1.22. The van der Waals surface area contributed by atoms with Gasteiger partial charge in [-0.15, -0.1) is 0 Å². The summed E-state index contributed by atoms with van der Waals surface area (Å²) in [6.45, 7) is 16.7. The molecule has 0 spiro atoms. The van der Waals surface area contributed by atoms with Crippen molar-refractivity contribution in [3.63, 3.8) is 0 Å². The lowest BCUT2D eigenvalue weighted by Gasteiger charge is -2.24. The highest BCUT2D eigenvalue weighted by Gasteiger charge is 2.23. The Morgan fingerprint density at radius 1 is 1.39 bits per heavy atom. The predicted octanol–water partition coefficient (Wildman–Crippen LogP) is 3.54. The van der Waals surface area contributed by atoms with Crippen LogP contribution >= 0.6 is 0 Å². The van der Waals surface area contributed by atoms with Crippen molar-refractivity contribution in [2.75, 3.05) is 13.2 Å². The first kappa shape index (κ1) is 17.1. The third-order valence-electron chi connectivity index (χ3n) is 3.01. The van der Waals surface area contributed by atoms with Gasteiger partial charge in [-0.1, -0.05) is 25.7 Å². The molecule has 0 radical (unpaired) electrons. The largest absolute Gasteiger partial charge is 0.460 e. The van der Waals surface area contributed by atoms with Crippen LogP contribution in [0.25, 0.3) is 0 Å². The van der Waals surface area contributed by atoms with Gasteiger partial charge >= 0.3 is 5.97 Å². The number of rotatable bonds is 9. The molecular formula is C14H26O3Si. The van der Waals surface area contributed by atoms with Gasteiger partial charge in [-0.3, -0.25) is 0 Å². The Morgan fingerprint density at radius 3 is 2.50 bits per heavy atom. The lowest BCUT2D eigenvalue weighted by atomic mass is 10.0. The number of carbonyl (C=O) groups excluding carboxylic acids is 1. The summed E-state index contributed by atoms with van der Waals surface area (Å²) in [7, 11) is -1.65. The van der Waals surface area contributed by atoms with Gasteiger partial charge in [0.25, 0.3) is 0 Å². The zero-order valence-corrected chi connectivity index (χ0v) is 13.1. The fraction of sp³-hybridized carbons (Fsp3) is 0.643. The molecule has 0 aromatic rings. The molecule has 0 amide bonds. The van der Waals surface area contributed by atoms with Crippen LogP contribution < -0.4 is 0 Å². The average molecular weight is 270 g/mol. The van der Waals surface area contributed by atoms with E-state index in [9.17, 15) is 4.79 Å². The maximum atomic E-state index is 10.8. The summed E-state index contributed by atoms with van der Waals surface area (Å²) in [6.07, 6.45) is 2.28. The van der Waals surface area contributed by atoms with Gasteiger partial charge in [0.05, 0.1) is 6.61 Å². The van der Waals surface area contributed by atoms with Crippen molar-refractivity contribution in [1.82, 2.24) is 0 Å². The number of allylic oxidation sites excluding steroid dienone is 1. The monoisotopic (exact) mass is 270 g/mol. The Hall–Kier alpha value is -0.873. The summed E-state index contributed by atoms with van der Waals surface area (Å²) in [5.74, 6) is 0.146. The van der Waals surface area contributed by atoms with Crippen LogP contribution in [-0.2, 0) is 14.0 Å². The third-order valence-corrected chi connectivity index (χ3v) is 5.49. The second kappa shape index (κ2) is 8.27. The molecule has 0 aromatic heterocycles. The van der Waals surface area contributed by atoms with Crippen molar-refractivity contribution in [2.45, 2.75) is 39.4 Å². The van der Waals surface area contributed by atoms with Gasteiger partial charge in [0.1, 0.15) is 6.61 Å². The molecule has 104 valence electrons. The summed E-state index contributed by atoms with van der Waals surface area (Å²) >= 11 is 0. The minimum Gasteiger partial charge on any atom is -0.460 e. The van der Waals surface area contributed by atoms with E-state index >= 15 is 0 Å². The van der Waals surface area contributed by atoms with Crippen molar-refractivity contribution in [3.05, 3.63) is 24.8 Å². The van der Waals surface area contributed by atoms with Gasteiger partial charge in [0, 0.05) is 6.08 Å². The van der Waals surface area contributed by atoms with E-state index in [-0.39, 0.29) is 0 Å². The molecule has 18 heavy (non-hydrogen) atoms. The van der Waals surface area contributed by atoms with Gasteiger partial charge in [0.15, 0.2) is 8.32 Å². The Balaban J connectivity index is 3.82. The SMILES string of the molecule is C=CC(=O)OCCO[Si](C)(C)CCC(C)C(=C)C. The highest BCUT2D eigenvalue weighted by Crippen LogP contribution is 2.21. The second-order valence-electron chi connectivity index (χ2n) is 5.27. The lowest BCUT2D eigenvalue weighted by Crippen LogP contribution is -2.32. The average Bonchev–Trinajstić information content (AvgIpc) is 2.31. The number of ether oxygens (including phenoxy) is 1. The zero-order valence-electron chi connectivity index (χ0n) is 12.1. The van der Waals surface area contributed by atoms with Crippen molar-refractivity contribution in [2.24, 2.45) is 5.92 Å². The molecule has 3 nitrogen and oxygen atoms in total. The molecule has 0 bridgehead atoms. The molecule has 0 saturated carbocycles. The van der Waals surface area contributed by atoms with E-state index in [2.05, 4.69) is 40.1 Å². The maximum Gasteiger partial charge on any atom is 0.330 e. The molecular weight excluding hydrogens is 244 g/mol. The van der Waals surface area contributed by atoms with E-state index in [1.54, 1.807) is 0 Å². The van der Waals surface area contributed by atoms with Crippen LogP contribution in [0.15, 0.2) is 24.8 Å². The van der Waals surface area contributed by atoms with Gasteiger partial charge in [-0.05, 0) is 38.4 Å². The summed E-state index contributed by atoms with van der Waals surface area (Å²) < 4.78 is 10.7. The highest BCUT2D eigenvalue weighted by atomic mass is 28.4. The van der Waals surface area contributed by atoms with Crippen LogP contribution in [0.2, 0.25) is 19.1 Å². The Labute approximate surface area is 112 Å². The molecule has 0 rings (SSSR count). The molecule has 0 N–H and O–H groups in total. The molecule has 0 aliphatic rings. The topological polar surface area (TPSA) is 35.5 Å². The van der Waals surface area contributed by atoms with Crippen LogP contribution in [0.3, 0.4) is 0 Å². The zero-order chi connectivity index (χ0) is 14.2. The Kier molecular flexibility index (Phi) is 7.87. The molecule has 1 unspecified atom stereocenters. The number of hydrogen-bond acceptors (Lipinski definition) is 3. The molecule has 1 atom stereocenters. The Bertz CT molecular complexity index is 297. The van der Waals surface area contributed by atoms with E-state index < -0.39 is 14.3 Å². The van der Waals surface area contributed by atoms with E-state index in [1.165, 1.54) is 5.57 Å². The predicted molar refractivity (Wildman–Crippen MR) is 78.0 cm³/mol. The van der Waals surface area contributed by atoms with Gasteiger partial charge < -0.3 is 9.16 Å². The normalized spacial score (nSPS) is 12.9. The van der Waals surface area contributed by atoms with Crippen LogP contribution in [0.5, 0.6) is 0 Å². The standard InChI is InChI=1S/C14H26O3Si/c1-7-14(15)16-9-10-17-18(5,6)11-8-13(4)12(2)3/h7,13H,1-2,8-11H2,3-6H3. The number of carbonyl (C=O) groups is 1. The molecule has 0 fully saturated rings.